The van der Waals surface area contributed by atoms with E-state index >= 15 is 0 Å². The lowest BCUT2D eigenvalue weighted by Gasteiger charge is -2.41. The molecule has 3 atom stereocenters. The lowest BCUT2D eigenvalue weighted by atomic mass is 9.87. The van der Waals surface area contributed by atoms with Gasteiger partial charge in [-0.2, -0.15) is 17.6 Å². The van der Waals surface area contributed by atoms with Gasteiger partial charge in [0, 0.05) is 36.1 Å². The Kier molecular flexibility index (Phi) is 12.8. The number of likely N-dealkylation sites (tertiary alicyclic amines) is 1. The van der Waals surface area contributed by atoms with Crippen LogP contribution in [0.3, 0.4) is 0 Å². The van der Waals surface area contributed by atoms with Gasteiger partial charge in [0.25, 0.3) is 0 Å². The Balaban J connectivity index is 1.67. The average molecular weight is 605 g/mol. The van der Waals surface area contributed by atoms with Crippen molar-refractivity contribution in [3.05, 3.63) is 24.3 Å². The van der Waals surface area contributed by atoms with Crippen molar-refractivity contribution in [3.8, 4) is 5.75 Å². The van der Waals surface area contributed by atoms with Crippen LogP contribution >= 0.6 is 24.0 Å². The molecule has 226 valence electrons. The zero-order valence-corrected chi connectivity index (χ0v) is 25.7. The molecule has 2 fully saturated rings. The molecule has 1 aromatic carbocycles. The molecule has 3 rings (SSSR count). The van der Waals surface area contributed by atoms with Crippen LogP contribution in [-0.4, -0.2) is 70.1 Å². The third kappa shape index (κ3) is 8.95. The number of piperidine rings is 1. The van der Waals surface area contributed by atoms with Crippen molar-refractivity contribution < 1.29 is 22.3 Å². The molecule has 0 bridgehead atoms. The van der Waals surface area contributed by atoms with Gasteiger partial charge in [-0.1, -0.05) is 64.3 Å². The molecule has 0 saturated carbocycles. The molecule has 2 aliphatic rings. The topological polar surface area (TPSA) is 40.1 Å². The first-order valence-corrected chi connectivity index (χ1v) is 15.9. The molecular formula is C29H44F4N4OS2. The number of halogens is 4. The number of aliphatic imine (C=N–C) groups is 1. The number of rotatable bonds is 13. The maximum Gasteiger partial charge on any atom is 0.461 e. The molecule has 0 spiro atoms. The smallest absolute Gasteiger partial charge is 0.428 e. The van der Waals surface area contributed by atoms with Crippen molar-refractivity contribution in [2.75, 3.05) is 30.7 Å². The molecule has 1 aromatic rings. The SMILES string of the molecule is CCCC1CCN(C(CCC)C(CC)CN=C2SCC(C)N2C(=S)Nc2cccc(OC(F)(F)C(F)F)c2)CC1. The minimum atomic E-state index is -4.57. The van der Waals surface area contributed by atoms with E-state index in [-0.39, 0.29) is 11.8 Å². The normalized spacial score (nSPS) is 21.7. The van der Waals surface area contributed by atoms with E-state index in [1.165, 1.54) is 57.0 Å². The van der Waals surface area contributed by atoms with Crippen LogP contribution in [0.4, 0.5) is 23.2 Å². The molecule has 0 aliphatic carbocycles. The molecule has 2 aliphatic heterocycles. The molecular weight excluding hydrogens is 560 g/mol. The Morgan fingerprint density at radius 2 is 1.93 bits per heavy atom. The number of nitrogens with zero attached hydrogens (tertiary/aromatic N) is 3. The monoisotopic (exact) mass is 604 g/mol. The van der Waals surface area contributed by atoms with E-state index in [1.807, 2.05) is 4.90 Å². The second-order valence-corrected chi connectivity index (χ2v) is 12.2. The van der Waals surface area contributed by atoms with Crippen molar-refractivity contribution in [3.63, 3.8) is 0 Å². The summed E-state index contributed by atoms with van der Waals surface area (Å²) in [4.78, 5) is 9.72. The Labute approximate surface area is 246 Å². The Morgan fingerprint density at radius 3 is 2.55 bits per heavy atom. The van der Waals surface area contributed by atoms with Gasteiger partial charge in [0.1, 0.15) is 5.75 Å². The van der Waals surface area contributed by atoms with Gasteiger partial charge in [-0.05, 0) is 75.5 Å². The van der Waals surface area contributed by atoms with E-state index in [4.69, 9.17) is 17.2 Å². The quantitative estimate of drug-likeness (QED) is 0.181. The zero-order valence-electron chi connectivity index (χ0n) is 24.1. The fraction of sp³-hybridized carbons (Fsp3) is 0.724. The van der Waals surface area contributed by atoms with Crippen molar-refractivity contribution in [2.45, 2.75) is 97.3 Å². The summed E-state index contributed by atoms with van der Waals surface area (Å²) in [6.45, 7) is 11.9. The first-order valence-electron chi connectivity index (χ1n) is 14.6. The summed E-state index contributed by atoms with van der Waals surface area (Å²) in [6.07, 6.45) is 0.0141. The van der Waals surface area contributed by atoms with Gasteiger partial charge < -0.3 is 15.0 Å². The summed E-state index contributed by atoms with van der Waals surface area (Å²) in [5.41, 5.74) is 0.372. The number of thiocarbonyl (C=S) groups is 1. The highest BCUT2D eigenvalue weighted by molar-refractivity contribution is 8.14. The van der Waals surface area contributed by atoms with Crippen LogP contribution in [0.1, 0.15) is 72.6 Å². The Morgan fingerprint density at radius 1 is 1.20 bits per heavy atom. The number of hydrogen-bond donors (Lipinski definition) is 1. The van der Waals surface area contributed by atoms with Crippen molar-refractivity contribution in [1.29, 1.82) is 0 Å². The summed E-state index contributed by atoms with van der Waals surface area (Å²) in [7, 11) is 0. The first kappa shape index (κ1) is 32.9. The Bertz CT molecular complexity index is 975. The molecule has 5 nitrogen and oxygen atoms in total. The van der Waals surface area contributed by atoms with Crippen LogP contribution in [0.5, 0.6) is 5.75 Å². The molecule has 11 heteroatoms. The predicted octanol–water partition coefficient (Wildman–Crippen LogP) is 8.12. The van der Waals surface area contributed by atoms with Gasteiger partial charge in [0.2, 0.25) is 0 Å². The van der Waals surface area contributed by atoms with E-state index in [9.17, 15) is 17.6 Å². The first-order chi connectivity index (χ1) is 19.1. The molecule has 0 amide bonds. The number of anilines is 1. The number of benzene rings is 1. The number of alkyl halides is 4. The fourth-order valence-corrected chi connectivity index (χ4v) is 7.23. The van der Waals surface area contributed by atoms with Gasteiger partial charge in [-0.25, -0.2) is 0 Å². The van der Waals surface area contributed by atoms with Crippen LogP contribution in [0.2, 0.25) is 0 Å². The van der Waals surface area contributed by atoms with E-state index in [2.05, 4.69) is 42.6 Å². The second-order valence-electron chi connectivity index (χ2n) is 10.9. The molecule has 0 aromatic heterocycles. The van der Waals surface area contributed by atoms with Crippen LogP contribution in [0.25, 0.3) is 0 Å². The molecule has 0 radical (unpaired) electrons. The van der Waals surface area contributed by atoms with Gasteiger partial charge >= 0.3 is 12.5 Å². The number of amidine groups is 1. The molecule has 40 heavy (non-hydrogen) atoms. The second kappa shape index (κ2) is 15.6. The third-order valence-electron chi connectivity index (χ3n) is 7.84. The maximum atomic E-state index is 13.4. The van der Waals surface area contributed by atoms with Gasteiger partial charge in [-0.15, -0.1) is 0 Å². The summed E-state index contributed by atoms with van der Waals surface area (Å²) in [5, 5.41) is 4.28. The van der Waals surface area contributed by atoms with E-state index < -0.39 is 12.5 Å². The van der Waals surface area contributed by atoms with Gasteiger partial charge in [0.05, 0.1) is 0 Å². The summed E-state index contributed by atoms with van der Waals surface area (Å²) >= 11 is 7.34. The summed E-state index contributed by atoms with van der Waals surface area (Å²) in [6, 6.07) is 6.11. The lowest BCUT2D eigenvalue weighted by Crippen LogP contribution is -2.46. The van der Waals surface area contributed by atoms with E-state index in [0.29, 0.717) is 22.8 Å². The minimum Gasteiger partial charge on any atom is -0.428 e. The highest BCUT2D eigenvalue weighted by atomic mass is 32.2. The number of thioether (sulfide) groups is 1. The highest BCUT2D eigenvalue weighted by Gasteiger charge is 2.44. The minimum absolute atomic E-state index is 0.0930. The van der Waals surface area contributed by atoms with Gasteiger partial charge in [0.15, 0.2) is 10.3 Å². The molecule has 2 saturated heterocycles. The van der Waals surface area contributed by atoms with Crippen molar-refractivity contribution in [1.82, 2.24) is 9.80 Å². The summed E-state index contributed by atoms with van der Waals surface area (Å²) in [5.74, 6) is 1.75. The van der Waals surface area contributed by atoms with Crippen LogP contribution < -0.4 is 10.1 Å². The number of nitrogens with one attached hydrogen (secondary N) is 1. The zero-order chi connectivity index (χ0) is 29.3. The van der Waals surface area contributed by atoms with Crippen LogP contribution in [0.15, 0.2) is 29.3 Å². The van der Waals surface area contributed by atoms with Crippen molar-refractivity contribution in [2.24, 2.45) is 16.8 Å². The maximum absolute atomic E-state index is 13.4. The molecule has 1 N–H and O–H groups in total. The lowest BCUT2D eigenvalue weighted by molar-refractivity contribution is -0.253. The molecule has 3 unspecified atom stereocenters. The largest absolute Gasteiger partial charge is 0.461 e. The number of ether oxygens (including phenoxy) is 1. The number of hydrogen-bond acceptors (Lipinski definition) is 5. The Hall–Kier alpha value is -1.59. The third-order valence-corrected chi connectivity index (χ3v) is 9.37. The van der Waals surface area contributed by atoms with Crippen LogP contribution in [-0.2, 0) is 0 Å². The predicted molar refractivity (Wildman–Crippen MR) is 162 cm³/mol. The highest BCUT2D eigenvalue weighted by Crippen LogP contribution is 2.32. The average Bonchev–Trinajstić information content (AvgIpc) is 3.29. The van der Waals surface area contributed by atoms with E-state index in [0.717, 1.165) is 42.6 Å². The molecule has 2 heterocycles. The van der Waals surface area contributed by atoms with Crippen molar-refractivity contribution >= 4 is 39.9 Å². The summed E-state index contributed by atoms with van der Waals surface area (Å²) < 4.78 is 56.1. The standard InChI is InChI=1S/C29H44F4N4OS2/c1-5-9-21-13-15-36(16-14-21)25(10-6-2)22(7-3)18-34-28-37(20(4)19-40-28)27(39)35-23-11-8-12-24(17-23)38-29(32,33)26(30)31/h8,11-12,17,20-22,25-26H,5-7,9-10,13-16,18-19H2,1-4H3,(H,35,39). The van der Waals surface area contributed by atoms with E-state index in [1.54, 1.807) is 17.8 Å². The van der Waals surface area contributed by atoms with Gasteiger partial charge in [-0.3, -0.25) is 9.89 Å². The fourth-order valence-electron chi connectivity index (χ4n) is 5.67. The van der Waals surface area contributed by atoms with Crippen LogP contribution in [0, 0.1) is 11.8 Å².